The highest BCUT2D eigenvalue weighted by Crippen LogP contribution is 2.47. The fourth-order valence-corrected chi connectivity index (χ4v) is 5.26. The summed E-state index contributed by atoms with van der Waals surface area (Å²) < 4.78 is 0. The minimum atomic E-state index is 1.31. The molecule has 0 bridgehead atoms. The molecule has 0 heteroatoms. The zero-order chi connectivity index (χ0) is 18.2. The monoisotopic (exact) mass is 352 g/mol. The number of hydrogen-bond acceptors (Lipinski definition) is 0. The summed E-state index contributed by atoms with van der Waals surface area (Å²) >= 11 is 0. The minimum Gasteiger partial charge on any atom is -0.0616 e. The van der Waals surface area contributed by atoms with Gasteiger partial charge in [0, 0.05) is 0 Å². The van der Waals surface area contributed by atoms with Gasteiger partial charge in [0.15, 0.2) is 0 Å². The van der Waals surface area contributed by atoms with Crippen molar-refractivity contribution in [1.82, 2.24) is 0 Å². The fraction of sp³-hybridized carbons (Fsp3) is 0. The Morgan fingerprint density at radius 1 is 0.250 bits per heavy atom. The molecule has 0 nitrogen and oxygen atoms in total. The number of hydrogen-bond donors (Lipinski definition) is 0. The first kappa shape index (κ1) is 14.4. The predicted molar refractivity (Wildman–Crippen MR) is 123 cm³/mol. The standard InChI is InChI=1S/C28H16/c1-2-8-18-14-16-24-27-22-12-6-4-10-20(22)19-9-3-5-11-21(19)26(27)23-15-13-17(7-1)25(18)28(23)24/h1-16H. The average molecular weight is 352 g/mol. The van der Waals surface area contributed by atoms with Crippen LogP contribution in [0.25, 0.3) is 64.6 Å². The minimum absolute atomic E-state index is 1.31. The smallest absolute Gasteiger partial charge is 0.00137 e. The number of fused-ring (bicyclic) bond motifs is 8. The summed E-state index contributed by atoms with van der Waals surface area (Å²) in [7, 11) is 0. The van der Waals surface area contributed by atoms with Crippen LogP contribution in [0.5, 0.6) is 0 Å². The normalized spacial score (nSPS) is 12.3. The van der Waals surface area contributed by atoms with E-state index in [4.69, 9.17) is 0 Å². The van der Waals surface area contributed by atoms with E-state index >= 15 is 0 Å². The zero-order valence-corrected chi connectivity index (χ0v) is 15.2. The molecule has 128 valence electrons. The van der Waals surface area contributed by atoms with Crippen molar-refractivity contribution in [3.8, 4) is 0 Å². The van der Waals surface area contributed by atoms with E-state index in [9.17, 15) is 0 Å². The van der Waals surface area contributed by atoms with Crippen LogP contribution in [-0.4, -0.2) is 0 Å². The van der Waals surface area contributed by atoms with Crippen LogP contribution in [-0.2, 0) is 0 Å². The molecule has 28 heavy (non-hydrogen) atoms. The number of benzene rings is 5. The summed E-state index contributed by atoms with van der Waals surface area (Å²) in [5.41, 5.74) is 0. The van der Waals surface area contributed by atoms with Crippen molar-refractivity contribution in [2.24, 2.45) is 0 Å². The fourth-order valence-electron chi connectivity index (χ4n) is 5.26. The highest BCUT2D eigenvalue weighted by molar-refractivity contribution is 6.44. The van der Waals surface area contributed by atoms with Gasteiger partial charge in [0.05, 0.1) is 0 Å². The Bertz CT molecular complexity index is 1580. The molecule has 0 saturated carbocycles. The summed E-state index contributed by atoms with van der Waals surface area (Å²) in [6.07, 6.45) is 0. The van der Waals surface area contributed by atoms with Crippen molar-refractivity contribution in [1.29, 1.82) is 0 Å². The molecule has 0 unspecified atom stereocenters. The van der Waals surface area contributed by atoms with E-state index in [-0.39, 0.29) is 0 Å². The maximum absolute atomic E-state index is 2.33. The van der Waals surface area contributed by atoms with Gasteiger partial charge in [-0.25, -0.2) is 0 Å². The van der Waals surface area contributed by atoms with Gasteiger partial charge in [-0.1, -0.05) is 97.1 Å². The van der Waals surface area contributed by atoms with Crippen LogP contribution in [0.2, 0.25) is 0 Å². The Kier molecular flexibility index (Phi) is 2.57. The third-order valence-corrected chi connectivity index (χ3v) is 6.36. The lowest BCUT2D eigenvalue weighted by Gasteiger charge is -2.08. The molecule has 0 aliphatic carbocycles. The molecule has 0 radical (unpaired) electrons. The first-order chi connectivity index (χ1) is 13.9. The SMILES string of the molecule is c1ccc2ccc3c4c(ccc(c1)c24)c1c2ccccc2c2ccccc2c31. The van der Waals surface area contributed by atoms with Crippen molar-refractivity contribution in [3.63, 3.8) is 0 Å². The van der Waals surface area contributed by atoms with Gasteiger partial charge in [-0.15, -0.1) is 0 Å². The van der Waals surface area contributed by atoms with E-state index in [1.165, 1.54) is 64.6 Å². The van der Waals surface area contributed by atoms with Crippen LogP contribution in [0.3, 0.4) is 0 Å². The van der Waals surface area contributed by atoms with E-state index in [1.807, 2.05) is 0 Å². The van der Waals surface area contributed by atoms with Crippen LogP contribution < -0.4 is 0 Å². The topological polar surface area (TPSA) is 0 Å². The van der Waals surface area contributed by atoms with Gasteiger partial charge in [-0.3, -0.25) is 0 Å². The lowest BCUT2D eigenvalue weighted by molar-refractivity contribution is 1.81. The van der Waals surface area contributed by atoms with Gasteiger partial charge in [0.2, 0.25) is 0 Å². The first-order valence-corrected chi connectivity index (χ1v) is 9.80. The second kappa shape index (κ2) is 4.99. The van der Waals surface area contributed by atoms with Gasteiger partial charge in [-0.2, -0.15) is 0 Å². The largest absolute Gasteiger partial charge is 0.0616 e. The van der Waals surface area contributed by atoms with Gasteiger partial charge in [-0.05, 0) is 64.6 Å². The van der Waals surface area contributed by atoms with Crippen LogP contribution in [0.4, 0.5) is 0 Å². The molecule has 0 atom stereocenters. The summed E-state index contributed by atoms with van der Waals surface area (Å²) in [6.45, 7) is 0. The van der Waals surface area contributed by atoms with Crippen LogP contribution in [0, 0.1) is 0 Å². The lowest BCUT2D eigenvalue weighted by atomic mass is 9.95. The molecule has 0 amide bonds. The molecule has 0 aliphatic heterocycles. The van der Waals surface area contributed by atoms with E-state index in [0.29, 0.717) is 0 Å². The second-order valence-electron chi connectivity index (χ2n) is 7.71. The quantitative estimate of drug-likeness (QED) is 0.242. The molecule has 0 saturated heterocycles. The molecule has 0 fully saturated rings. The highest BCUT2D eigenvalue weighted by atomic mass is 14.2. The summed E-state index contributed by atoms with van der Waals surface area (Å²) in [5.74, 6) is 0. The van der Waals surface area contributed by atoms with E-state index in [1.54, 1.807) is 0 Å². The van der Waals surface area contributed by atoms with Crippen molar-refractivity contribution in [3.05, 3.63) is 97.1 Å². The van der Waals surface area contributed by atoms with Crippen LogP contribution >= 0.6 is 0 Å². The average Bonchev–Trinajstić information content (AvgIpc) is 2.95. The highest BCUT2D eigenvalue weighted by Gasteiger charge is 2.18. The van der Waals surface area contributed by atoms with Gasteiger partial charge in [0.25, 0.3) is 0 Å². The predicted octanol–water partition coefficient (Wildman–Crippen LogP) is 8.04. The molecule has 0 spiro atoms. The Balaban J connectivity index is 1.96. The summed E-state index contributed by atoms with van der Waals surface area (Å²) in [6, 6.07) is 35.7. The molecule has 0 aliphatic rings. The van der Waals surface area contributed by atoms with Crippen molar-refractivity contribution >= 4 is 64.6 Å². The van der Waals surface area contributed by atoms with Crippen LogP contribution in [0.1, 0.15) is 0 Å². The zero-order valence-electron chi connectivity index (χ0n) is 15.2. The molecule has 0 aromatic heterocycles. The molecule has 0 N–H and O–H groups in total. The third-order valence-electron chi connectivity index (χ3n) is 6.36. The van der Waals surface area contributed by atoms with E-state index in [2.05, 4.69) is 97.1 Å². The second-order valence-corrected chi connectivity index (χ2v) is 7.71. The number of rotatable bonds is 0. The Morgan fingerprint density at radius 2 is 0.643 bits per heavy atom. The molecule has 7 aromatic carbocycles. The van der Waals surface area contributed by atoms with E-state index in [0.717, 1.165) is 0 Å². The van der Waals surface area contributed by atoms with Gasteiger partial charge >= 0.3 is 0 Å². The summed E-state index contributed by atoms with van der Waals surface area (Å²) in [4.78, 5) is 0. The Labute approximate surface area is 162 Å². The van der Waals surface area contributed by atoms with Gasteiger partial charge < -0.3 is 0 Å². The van der Waals surface area contributed by atoms with Crippen molar-refractivity contribution in [2.75, 3.05) is 0 Å². The maximum atomic E-state index is 2.33. The third kappa shape index (κ3) is 1.62. The molecule has 7 aromatic rings. The van der Waals surface area contributed by atoms with Crippen LogP contribution in [0.15, 0.2) is 97.1 Å². The van der Waals surface area contributed by atoms with Crippen molar-refractivity contribution in [2.45, 2.75) is 0 Å². The molecular weight excluding hydrogens is 336 g/mol. The van der Waals surface area contributed by atoms with Crippen molar-refractivity contribution < 1.29 is 0 Å². The first-order valence-electron chi connectivity index (χ1n) is 9.80. The molecule has 7 rings (SSSR count). The van der Waals surface area contributed by atoms with E-state index < -0.39 is 0 Å². The summed E-state index contributed by atoms with van der Waals surface area (Å²) in [5, 5.41) is 16.3. The lowest BCUT2D eigenvalue weighted by Crippen LogP contribution is -1.80. The Morgan fingerprint density at radius 3 is 1.14 bits per heavy atom. The Hall–Kier alpha value is -3.64. The molecule has 0 heterocycles. The maximum Gasteiger partial charge on any atom is -0.00137 e. The van der Waals surface area contributed by atoms with Gasteiger partial charge in [0.1, 0.15) is 0 Å². The molecular formula is C28H16.